The number of aliphatic hydroxyl groups excluding tert-OH is 4. The van der Waals surface area contributed by atoms with Gasteiger partial charge in [-0.15, -0.1) is 0 Å². The summed E-state index contributed by atoms with van der Waals surface area (Å²) in [5.41, 5.74) is 2.70. The molecule has 0 radical (unpaired) electrons. The Bertz CT molecular complexity index is 668. The minimum Gasteiger partial charge on any atom is -0.394 e. The second-order valence-corrected chi connectivity index (χ2v) is 8.69. The number of fused-ring (bicyclic) bond motifs is 1. The molecule has 0 aromatic carbocycles. The smallest absolute Gasteiger partial charge is 0.187 e. The maximum absolute atomic E-state index is 12.7. The summed E-state index contributed by atoms with van der Waals surface area (Å²) in [6.45, 7) is 5.83. The van der Waals surface area contributed by atoms with Gasteiger partial charge in [-0.2, -0.15) is 0 Å². The van der Waals surface area contributed by atoms with Gasteiger partial charge in [0.15, 0.2) is 12.1 Å². The lowest BCUT2D eigenvalue weighted by molar-refractivity contribution is -0.299. The topological polar surface area (TPSA) is 116 Å². The van der Waals surface area contributed by atoms with Crippen molar-refractivity contribution in [3.05, 3.63) is 22.8 Å². The Morgan fingerprint density at radius 2 is 2.00 bits per heavy atom. The lowest BCUT2D eigenvalue weighted by atomic mass is 9.59. The zero-order valence-electron chi connectivity index (χ0n) is 16.8. The van der Waals surface area contributed by atoms with Gasteiger partial charge in [-0.25, -0.2) is 0 Å². The molecule has 0 aromatic heterocycles. The Morgan fingerprint density at radius 1 is 1.29 bits per heavy atom. The summed E-state index contributed by atoms with van der Waals surface area (Å²) in [6.07, 6.45) is -0.859. The highest BCUT2D eigenvalue weighted by Gasteiger charge is 2.45. The van der Waals surface area contributed by atoms with Gasteiger partial charge >= 0.3 is 0 Å². The molecule has 4 N–H and O–H groups in total. The average molecular weight is 396 g/mol. The van der Waals surface area contributed by atoms with Crippen LogP contribution in [0.2, 0.25) is 0 Å². The molecule has 1 saturated carbocycles. The van der Waals surface area contributed by atoms with Crippen LogP contribution in [0, 0.1) is 11.3 Å². The third-order valence-corrected chi connectivity index (χ3v) is 6.88. The summed E-state index contributed by atoms with van der Waals surface area (Å²) in [6, 6.07) is 0. The summed E-state index contributed by atoms with van der Waals surface area (Å²) >= 11 is 0. The van der Waals surface area contributed by atoms with Gasteiger partial charge in [-0.05, 0) is 55.6 Å². The molecule has 7 nitrogen and oxygen atoms in total. The van der Waals surface area contributed by atoms with E-state index in [0.717, 1.165) is 30.4 Å². The van der Waals surface area contributed by atoms with Gasteiger partial charge in [0.1, 0.15) is 24.4 Å². The Balaban J connectivity index is 1.73. The van der Waals surface area contributed by atoms with E-state index in [1.807, 2.05) is 6.92 Å². The molecular formula is C21H32O7. The van der Waals surface area contributed by atoms with E-state index < -0.39 is 37.3 Å². The lowest BCUT2D eigenvalue weighted by Crippen LogP contribution is -2.59. The highest BCUT2D eigenvalue weighted by molar-refractivity contribution is 6.06. The van der Waals surface area contributed by atoms with Crippen LogP contribution in [0.1, 0.15) is 46.5 Å². The molecule has 7 heteroatoms. The van der Waals surface area contributed by atoms with Gasteiger partial charge < -0.3 is 29.9 Å². The molecule has 1 saturated heterocycles. The van der Waals surface area contributed by atoms with Crippen LogP contribution >= 0.6 is 0 Å². The summed E-state index contributed by atoms with van der Waals surface area (Å²) in [5, 5.41) is 39.1. The van der Waals surface area contributed by atoms with E-state index in [1.54, 1.807) is 6.08 Å². The number of hydrogen-bond acceptors (Lipinski definition) is 7. The van der Waals surface area contributed by atoms with E-state index >= 15 is 0 Å². The van der Waals surface area contributed by atoms with Gasteiger partial charge in [0.25, 0.3) is 0 Å². The minimum absolute atomic E-state index is 0.0106. The third-order valence-electron chi connectivity index (χ3n) is 6.88. The first-order valence-electron chi connectivity index (χ1n) is 10.0. The number of ketones is 1. The predicted molar refractivity (Wildman–Crippen MR) is 101 cm³/mol. The summed E-state index contributed by atoms with van der Waals surface area (Å²) in [5.74, 6) is 0.506. The van der Waals surface area contributed by atoms with Crippen LogP contribution in [-0.2, 0) is 14.3 Å². The molecular weight excluding hydrogens is 364 g/mol. The van der Waals surface area contributed by atoms with Crippen LogP contribution < -0.4 is 0 Å². The second kappa shape index (κ2) is 8.34. The molecule has 3 aliphatic rings. The number of rotatable bonds is 4. The standard InChI is InChI=1S/C21H32O7/c1-11(10-27-20-19(26)18(25)17(24)16(9-22)28-20)14-8-21(3)12(2)5-4-6-13(21)7-15(14)23/h7,12,16-20,22,24-26H,4-6,8-10H2,1-3H3/t12-,16+,17+,18-,19+,20+,21+/m0/s1. The molecule has 0 amide bonds. The SMILES string of the molecule is CC(CO[C@@H]1O[C@H](CO)[C@@H](O)[C@H](O)[C@H]1O)=C1C[C@@]2(C)C(=CC1=O)CCC[C@@H]2C. The summed E-state index contributed by atoms with van der Waals surface area (Å²) in [7, 11) is 0. The third kappa shape index (κ3) is 3.84. The van der Waals surface area contributed by atoms with Crippen LogP contribution in [0.3, 0.4) is 0 Å². The van der Waals surface area contributed by atoms with E-state index in [4.69, 9.17) is 9.47 Å². The number of aliphatic hydroxyl groups is 4. The van der Waals surface area contributed by atoms with Crippen LogP contribution in [0.4, 0.5) is 0 Å². The second-order valence-electron chi connectivity index (χ2n) is 8.69. The highest BCUT2D eigenvalue weighted by atomic mass is 16.7. The molecule has 7 atom stereocenters. The molecule has 28 heavy (non-hydrogen) atoms. The van der Waals surface area contributed by atoms with E-state index in [0.29, 0.717) is 12.3 Å². The maximum atomic E-state index is 12.7. The molecule has 1 aliphatic heterocycles. The van der Waals surface area contributed by atoms with Gasteiger partial charge in [-0.1, -0.05) is 19.4 Å². The van der Waals surface area contributed by atoms with Gasteiger partial charge in [0.05, 0.1) is 13.2 Å². The maximum Gasteiger partial charge on any atom is 0.187 e. The quantitative estimate of drug-likeness (QED) is 0.521. The molecule has 0 spiro atoms. The molecule has 0 unspecified atom stereocenters. The fourth-order valence-electron chi connectivity index (χ4n) is 4.60. The first-order valence-corrected chi connectivity index (χ1v) is 10.0. The van der Waals surface area contributed by atoms with E-state index in [2.05, 4.69) is 13.8 Å². The molecule has 158 valence electrons. The van der Waals surface area contributed by atoms with Crippen molar-refractivity contribution in [2.24, 2.45) is 11.3 Å². The Morgan fingerprint density at radius 3 is 2.68 bits per heavy atom. The molecule has 0 aromatic rings. The molecule has 3 rings (SSSR count). The van der Waals surface area contributed by atoms with Crippen LogP contribution in [0.15, 0.2) is 22.8 Å². The monoisotopic (exact) mass is 396 g/mol. The van der Waals surface area contributed by atoms with Crippen LogP contribution in [0.25, 0.3) is 0 Å². The van der Waals surface area contributed by atoms with Crippen molar-refractivity contribution in [1.29, 1.82) is 0 Å². The molecule has 1 heterocycles. The van der Waals surface area contributed by atoms with Crippen molar-refractivity contribution in [2.75, 3.05) is 13.2 Å². The first-order chi connectivity index (χ1) is 13.2. The Labute approximate surface area is 165 Å². The van der Waals surface area contributed by atoms with Crippen molar-refractivity contribution in [1.82, 2.24) is 0 Å². The van der Waals surface area contributed by atoms with E-state index in [1.165, 1.54) is 5.57 Å². The van der Waals surface area contributed by atoms with Gasteiger partial charge in [-0.3, -0.25) is 4.79 Å². The van der Waals surface area contributed by atoms with Crippen LogP contribution in [-0.4, -0.2) is 70.1 Å². The average Bonchev–Trinajstić information content (AvgIpc) is 2.67. The van der Waals surface area contributed by atoms with Crippen molar-refractivity contribution >= 4 is 5.78 Å². The summed E-state index contributed by atoms with van der Waals surface area (Å²) < 4.78 is 11.0. The van der Waals surface area contributed by atoms with Crippen molar-refractivity contribution in [3.63, 3.8) is 0 Å². The Hall–Kier alpha value is -1.09. The fourth-order valence-corrected chi connectivity index (χ4v) is 4.60. The zero-order valence-corrected chi connectivity index (χ0v) is 16.8. The van der Waals surface area contributed by atoms with E-state index in [-0.39, 0.29) is 17.8 Å². The number of carbonyl (C=O) groups is 1. The van der Waals surface area contributed by atoms with E-state index in [9.17, 15) is 25.2 Å². The van der Waals surface area contributed by atoms with Crippen molar-refractivity contribution in [2.45, 2.75) is 77.2 Å². The van der Waals surface area contributed by atoms with Gasteiger partial charge in [0.2, 0.25) is 0 Å². The zero-order chi connectivity index (χ0) is 20.6. The number of hydrogen-bond donors (Lipinski definition) is 4. The number of allylic oxidation sites excluding steroid dienone is 3. The Kier molecular flexibility index (Phi) is 6.44. The minimum atomic E-state index is -1.48. The normalized spacial score (nSPS) is 43.4. The number of ether oxygens (including phenoxy) is 2. The predicted octanol–water partition coefficient (Wildman–Crippen LogP) is 0.845. The van der Waals surface area contributed by atoms with Crippen molar-refractivity contribution in [3.8, 4) is 0 Å². The van der Waals surface area contributed by atoms with Crippen LogP contribution in [0.5, 0.6) is 0 Å². The highest BCUT2D eigenvalue weighted by Crippen LogP contribution is 2.51. The lowest BCUT2D eigenvalue weighted by Gasteiger charge is -2.45. The molecule has 2 fully saturated rings. The molecule has 2 aliphatic carbocycles. The fraction of sp³-hybridized carbons (Fsp3) is 0.762. The first kappa shape index (κ1) is 21.6. The largest absolute Gasteiger partial charge is 0.394 e. The van der Waals surface area contributed by atoms with Gasteiger partial charge in [0, 0.05) is 5.57 Å². The number of carbonyl (C=O) groups excluding carboxylic acids is 1. The van der Waals surface area contributed by atoms with Crippen molar-refractivity contribution < 1.29 is 34.7 Å². The summed E-state index contributed by atoms with van der Waals surface area (Å²) in [4.78, 5) is 12.7. The molecule has 0 bridgehead atoms.